The van der Waals surface area contributed by atoms with Crippen LogP contribution in [0.25, 0.3) is 0 Å². The first kappa shape index (κ1) is 19.5. The van der Waals surface area contributed by atoms with Crippen LogP contribution in [0.2, 0.25) is 10.0 Å². The molecule has 0 radical (unpaired) electrons. The zero-order valence-electron chi connectivity index (χ0n) is 13.1. The van der Waals surface area contributed by atoms with E-state index in [1.54, 1.807) is 18.2 Å². The van der Waals surface area contributed by atoms with E-state index in [4.69, 9.17) is 23.2 Å². The maximum atomic E-state index is 13.8. The minimum absolute atomic E-state index is 0.0298. The van der Waals surface area contributed by atoms with Gasteiger partial charge in [-0.05, 0) is 29.8 Å². The van der Waals surface area contributed by atoms with Gasteiger partial charge in [-0.25, -0.2) is 12.8 Å². The van der Waals surface area contributed by atoms with Gasteiger partial charge in [-0.3, -0.25) is 4.79 Å². The van der Waals surface area contributed by atoms with Crippen molar-refractivity contribution in [3.63, 3.8) is 0 Å². The van der Waals surface area contributed by atoms with Gasteiger partial charge in [-0.2, -0.15) is 0 Å². The smallest absolute Gasteiger partial charge is 0.239 e. The third-order valence-electron chi connectivity index (χ3n) is 3.27. The Morgan fingerprint density at radius 2 is 1.92 bits per heavy atom. The maximum absolute atomic E-state index is 13.8. The van der Waals surface area contributed by atoms with Crippen LogP contribution in [-0.2, 0) is 21.2 Å². The molecule has 1 amide bonds. The number of sulfone groups is 1. The summed E-state index contributed by atoms with van der Waals surface area (Å²) < 4.78 is 37.1. The Bertz CT molecular complexity index is 904. The van der Waals surface area contributed by atoms with E-state index in [2.05, 4.69) is 10.6 Å². The number of hydrogen-bond acceptors (Lipinski definition) is 4. The van der Waals surface area contributed by atoms with Crippen molar-refractivity contribution in [1.29, 1.82) is 0 Å². The summed E-state index contributed by atoms with van der Waals surface area (Å²) in [6.07, 6.45) is 0.902. The van der Waals surface area contributed by atoms with Crippen molar-refractivity contribution in [2.45, 2.75) is 11.4 Å². The van der Waals surface area contributed by atoms with Crippen molar-refractivity contribution < 1.29 is 17.6 Å². The highest BCUT2D eigenvalue weighted by Crippen LogP contribution is 2.24. The molecule has 2 aromatic rings. The van der Waals surface area contributed by atoms with Gasteiger partial charge in [-0.15, -0.1) is 0 Å². The number of nitrogens with one attached hydrogen (secondary N) is 2. The minimum atomic E-state index is -3.78. The predicted molar refractivity (Wildman–Crippen MR) is 96.3 cm³/mol. The number of rotatable bonds is 6. The van der Waals surface area contributed by atoms with Gasteiger partial charge in [0.25, 0.3) is 0 Å². The van der Waals surface area contributed by atoms with Gasteiger partial charge >= 0.3 is 0 Å². The lowest BCUT2D eigenvalue weighted by atomic mass is 10.2. The lowest BCUT2D eigenvalue weighted by Crippen LogP contribution is -2.29. The number of halogens is 3. The molecule has 0 saturated heterocycles. The summed E-state index contributed by atoms with van der Waals surface area (Å²) in [5.74, 6) is -1.28. The molecule has 2 aromatic carbocycles. The lowest BCUT2D eigenvalue weighted by molar-refractivity contribution is -0.119. The fourth-order valence-electron chi connectivity index (χ4n) is 2.12. The van der Waals surface area contributed by atoms with E-state index in [9.17, 15) is 17.6 Å². The second-order valence-corrected chi connectivity index (χ2v) is 8.05. The van der Waals surface area contributed by atoms with Crippen LogP contribution in [0.3, 0.4) is 0 Å². The summed E-state index contributed by atoms with van der Waals surface area (Å²) in [5, 5.41) is 6.17. The molecule has 0 atom stereocenters. The number of hydrogen-bond donors (Lipinski definition) is 2. The number of carbonyl (C=O) groups is 1. The summed E-state index contributed by atoms with van der Waals surface area (Å²) in [7, 11) is -3.78. The van der Waals surface area contributed by atoms with Crippen molar-refractivity contribution in [2.24, 2.45) is 0 Å². The molecule has 0 saturated carbocycles. The highest BCUT2D eigenvalue weighted by Gasteiger charge is 2.19. The van der Waals surface area contributed by atoms with Crippen molar-refractivity contribution in [2.75, 3.05) is 18.1 Å². The SMILES string of the molecule is CS(=O)(=O)c1c(F)cccc1NCC(=O)NCc1ccc(Cl)cc1Cl. The molecule has 9 heteroatoms. The molecule has 0 unspecified atom stereocenters. The van der Waals surface area contributed by atoms with Crippen molar-refractivity contribution in [3.05, 3.63) is 57.8 Å². The summed E-state index contributed by atoms with van der Waals surface area (Å²) in [5.41, 5.74) is 0.712. The van der Waals surface area contributed by atoms with Gasteiger partial charge in [0, 0.05) is 22.8 Å². The van der Waals surface area contributed by atoms with Crippen molar-refractivity contribution in [3.8, 4) is 0 Å². The molecule has 0 aliphatic carbocycles. The molecule has 0 spiro atoms. The molecule has 25 heavy (non-hydrogen) atoms. The minimum Gasteiger partial charge on any atom is -0.375 e. The molecule has 0 aromatic heterocycles. The van der Waals surface area contributed by atoms with Gasteiger partial charge in [-0.1, -0.05) is 35.3 Å². The second-order valence-electron chi connectivity index (χ2n) is 5.25. The van der Waals surface area contributed by atoms with Crippen LogP contribution in [-0.4, -0.2) is 27.1 Å². The number of benzene rings is 2. The van der Waals surface area contributed by atoms with Crippen LogP contribution >= 0.6 is 23.2 Å². The molecule has 2 N–H and O–H groups in total. The quantitative estimate of drug-likeness (QED) is 0.774. The van der Waals surface area contributed by atoms with Crippen LogP contribution < -0.4 is 10.6 Å². The number of anilines is 1. The van der Waals surface area contributed by atoms with Crippen molar-refractivity contribution >= 4 is 44.6 Å². The van der Waals surface area contributed by atoms with E-state index in [1.165, 1.54) is 12.1 Å². The Balaban J connectivity index is 2.00. The number of amides is 1. The molecule has 2 rings (SSSR count). The molecule has 134 valence electrons. The zero-order valence-corrected chi connectivity index (χ0v) is 15.5. The molecular weight excluding hydrogens is 390 g/mol. The van der Waals surface area contributed by atoms with Gasteiger partial charge in [0.05, 0.1) is 12.2 Å². The Hall–Kier alpha value is -1.83. The maximum Gasteiger partial charge on any atom is 0.239 e. The summed E-state index contributed by atoms with van der Waals surface area (Å²) in [6, 6.07) is 8.70. The highest BCUT2D eigenvalue weighted by atomic mass is 35.5. The van der Waals surface area contributed by atoms with E-state index < -0.39 is 26.5 Å². The topological polar surface area (TPSA) is 75.3 Å². The van der Waals surface area contributed by atoms with Crippen LogP contribution in [0.15, 0.2) is 41.3 Å². The monoisotopic (exact) mass is 404 g/mol. The first-order chi connectivity index (χ1) is 11.7. The Labute approximate surface area is 155 Å². The van der Waals surface area contributed by atoms with Gasteiger partial charge in [0.15, 0.2) is 9.84 Å². The summed E-state index contributed by atoms with van der Waals surface area (Å²) in [4.78, 5) is 11.5. The Morgan fingerprint density at radius 3 is 2.56 bits per heavy atom. The molecule has 0 aliphatic rings. The van der Waals surface area contributed by atoms with E-state index in [1.807, 2.05) is 0 Å². The normalized spacial score (nSPS) is 11.2. The van der Waals surface area contributed by atoms with E-state index in [-0.39, 0.29) is 18.8 Å². The van der Waals surface area contributed by atoms with Crippen LogP contribution in [0.1, 0.15) is 5.56 Å². The lowest BCUT2D eigenvalue weighted by Gasteiger charge is -2.12. The van der Waals surface area contributed by atoms with Crippen LogP contribution in [0.5, 0.6) is 0 Å². The fraction of sp³-hybridized carbons (Fsp3) is 0.188. The molecule has 0 aliphatic heterocycles. The Kier molecular flexibility index (Phi) is 6.26. The molecule has 0 fully saturated rings. The van der Waals surface area contributed by atoms with Crippen LogP contribution in [0, 0.1) is 5.82 Å². The van der Waals surface area contributed by atoms with Crippen LogP contribution in [0.4, 0.5) is 10.1 Å². The van der Waals surface area contributed by atoms with Gasteiger partial charge in [0.2, 0.25) is 5.91 Å². The molecule has 0 bridgehead atoms. The van der Waals surface area contributed by atoms with E-state index in [0.717, 1.165) is 12.3 Å². The van der Waals surface area contributed by atoms with Gasteiger partial charge in [0.1, 0.15) is 10.7 Å². The van der Waals surface area contributed by atoms with E-state index >= 15 is 0 Å². The summed E-state index contributed by atoms with van der Waals surface area (Å²) in [6.45, 7) is -0.0459. The molecule has 0 heterocycles. The second kappa shape index (κ2) is 8.03. The Morgan fingerprint density at radius 1 is 1.20 bits per heavy atom. The van der Waals surface area contributed by atoms with Gasteiger partial charge < -0.3 is 10.6 Å². The molecule has 5 nitrogen and oxygen atoms in total. The number of carbonyl (C=O) groups excluding carboxylic acids is 1. The highest BCUT2D eigenvalue weighted by molar-refractivity contribution is 7.90. The standard InChI is InChI=1S/C16H15Cl2FN2O3S/c1-25(23,24)16-13(19)3-2-4-14(16)20-9-15(22)21-8-10-5-6-11(17)7-12(10)18/h2-7,20H,8-9H2,1H3,(H,21,22). The third kappa shape index (κ3) is 5.32. The molecular formula is C16H15Cl2FN2O3S. The zero-order chi connectivity index (χ0) is 18.6. The average Bonchev–Trinajstić information content (AvgIpc) is 2.50. The first-order valence-electron chi connectivity index (χ1n) is 7.11. The fourth-order valence-corrected chi connectivity index (χ4v) is 3.56. The largest absolute Gasteiger partial charge is 0.375 e. The summed E-state index contributed by atoms with van der Waals surface area (Å²) >= 11 is 11.8. The average molecular weight is 405 g/mol. The first-order valence-corrected chi connectivity index (χ1v) is 9.76. The van der Waals surface area contributed by atoms with E-state index in [0.29, 0.717) is 15.6 Å². The van der Waals surface area contributed by atoms with Crippen molar-refractivity contribution in [1.82, 2.24) is 5.32 Å². The predicted octanol–water partition coefficient (Wildman–Crippen LogP) is 3.26. The third-order valence-corrected chi connectivity index (χ3v) is 5.01.